The van der Waals surface area contributed by atoms with Crippen molar-refractivity contribution in [1.29, 1.82) is 0 Å². The Balaban J connectivity index is 1.57. The molecule has 25 heavy (non-hydrogen) atoms. The highest BCUT2D eigenvalue weighted by molar-refractivity contribution is 7.92. The topological polar surface area (TPSA) is 63.7 Å². The summed E-state index contributed by atoms with van der Waals surface area (Å²) in [6, 6.07) is 15.0. The van der Waals surface area contributed by atoms with Gasteiger partial charge in [0.25, 0.3) is 0 Å². The van der Waals surface area contributed by atoms with Crippen LogP contribution in [0.15, 0.2) is 48.5 Å². The fraction of sp³-hybridized carbons (Fsp3) is 0.316. The predicted octanol–water partition coefficient (Wildman–Crippen LogP) is 2.32. The van der Waals surface area contributed by atoms with Gasteiger partial charge < -0.3 is 9.64 Å². The Kier molecular flexibility index (Phi) is 3.04. The van der Waals surface area contributed by atoms with Gasteiger partial charge in [0.2, 0.25) is 5.91 Å². The molecule has 2 unspecified atom stereocenters. The van der Waals surface area contributed by atoms with Crippen LogP contribution >= 0.6 is 0 Å². The Morgan fingerprint density at radius 1 is 1.00 bits per heavy atom. The Morgan fingerprint density at radius 2 is 1.60 bits per heavy atom. The van der Waals surface area contributed by atoms with E-state index < -0.39 is 21.0 Å². The van der Waals surface area contributed by atoms with Crippen molar-refractivity contribution in [2.24, 2.45) is 0 Å². The van der Waals surface area contributed by atoms with Crippen LogP contribution in [0.25, 0.3) is 0 Å². The maximum atomic E-state index is 13.4. The van der Waals surface area contributed by atoms with Crippen LogP contribution in [0, 0.1) is 0 Å². The van der Waals surface area contributed by atoms with E-state index in [1.54, 1.807) is 4.90 Å². The van der Waals surface area contributed by atoms with Crippen LogP contribution in [-0.2, 0) is 14.6 Å². The number of likely N-dealkylation sites (tertiary alicyclic amines) is 1. The van der Waals surface area contributed by atoms with Crippen LogP contribution in [0.2, 0.25) is 0 Å². The Hall–Kier alpha value is -2.34. The standard InChI is InChI=1S/C19H17NO4S/c21-19(20-10-13-9-12(20)11-25(13,22)23)18-14-5-1-3-7-16(14)24-17-8-4-2-6-15(17)18/h1-8,12-13,18H,9-11H2. The second kappa shape index (κ2) is 5.08. The van der Waals surface area contributed by atoms with E-state index in [9.17, 15) is 13.2 Å². The maximum absolute atomic E-state index is 13.4. The van der Waals surface area contributed by atoms with Crippen LogP contribution < -0.4 is 4.74 Å². The van der Waals surface area contributed by atoms with Gasteiger partial charge in [-0.2, -0.15) is 0 Å². The highest BCUT2D eigenvalue weighted by atomic mass is 32.2. The fourth-order valence-corrected chi connectivity index (χ4v) is 6.34. The predicted molar refractivity (Wildman–Crippen MR) is 92.5 cm³/mol. The minimum Gasteiger partial charge on any atom is -0.457 e. The highest BCUT2D eigenvalue weighted by Crippen LogP contribution is 2.46. The monoisotopic (exact) mass is 355 g/mol. The van der Waals surface area contributed by atoms with Crippen molar-refractivity contribution in [3.63, 3.8) is 0 Å². The molecular formula is C19H17NO4S. The molecule has 0 radical (unpaired) electrons. The molecule has 5 nitrogen and oxygen atoms in total. The van der Waals surface area contributed by atoms with Crippen molar-refractivity contribution >= 4 is 15.7 Å². The first-order valence-corrected chi connectivity index (χ1v) is 10.1. The molecule has 0 saturated carbocycles. The molecule has 0 N–H and O–H groups in total. The molecule has 2 fully saturated rings. The van der Waals surface area contributed by atoms with Gasteiger partial charge in [0.15, 0.2) is 9.84 Å². The quantitative estimate of drug-likeness (QED) is 0.788. The minimum atomic E-state index is -3.02. The third-order valence-electron chi connectivity index (χ3n) is 5.52. The lowest BCUT2D eigenvalue weighted by atomic mass is 9.86. The van der Waals surface area contributed by atoms with E-state index in [2.05, 4.69) is 0 Å². The van der Waals surface area contributed by atoms with Crippen LogP contribution in [-0.4, -0.2) is 42.8 Å². The van der Waals surface area contributed by atoms with Gasteiger partial charge in [-0.15, -0.1) is 0 Å². The zero-order valence-corrected chi connectivity index (χ0v) is 14.3. The normalized spacial score (nSPS) is 26.0. The first kappa shape index (κ1) is 15.0. The van der Waals surface area contributed by atoms with Gasteiger partial charge in [0.05, 0.1) is 16.9 Å². The number of para-hydroxylation sites is 2. The van der Waals surface area contributed by atoms with Crippen LogP contribution in [0.3, 0.4) is 0 Å². The number of carbonyl (C=O) groups excluding carboxylic acids is 1. The number of ether oxygens (including phenoxy) is 1. The van der Waals surface area contributed by atoms with E-state index in [4.69, 9.17) is 4.74 Å². The molecule has 5 rings (SSSR count). The number of fused-ring (bicyclic) bond motifs is 4. The van der Waals surface area contributed by atoms with Crippen molar-refractivity contribution in [2.75, 3.05) is 12.3 Å². The molecule has 3 aliphatic heterocycles. The summed E-state index contributed by atoms with van der Waals surface area (Å²) in [7, 11) is -3.02. The molecule has 128 valence electrons. The molecule has 2 saturated heterocycles. The fourth-order valence-electron chi connectivity index (χ4n) is 4.31. The largest absolute Gasteiger partial charge is 0.457 e. The molecule has 2 bridgehead atoms. The number of hydrogen-bond acceptors (Lipinski definition) is 4. The van der Waals surface area contributed by atoms with E-state index in [0.29, 0.717) is 24.5 Å². The van der Waals surface area contributed by atoms with Crippen molar-refractivity contribution in [3.05, 3.63) is 59.7 Å². The highest BCUT2D eigenvalue weighted by Gasteiger charge is 2.51. The summed E-state index contributed by atoms with van der Waals surface area (Å²) in [4.78, 5) is 15.2. The SMILES string of the molecule is O=C(C1c2ccccc2Oc2ccccc21)N1CC2CC1CS2(=O)=O. The van der Waals surface area contributed by atoms with Gasteiger partial charge in [-0.3, -0.25) is 4.79 Å². The molecular weight excluding hydrogens is 338 g/mol. The zero-order valence-electron chi connectivity index (χ0n) is 13.5. The summed E-state index contributed by atoms with van der Waals surface area (Å²) < 4.78 is 30.0. The van der Waals surface area contributed by atoms with Crippen molar-refractivity contribution in [2.45, 2.75) is 23.6 Å². The summed E-state index contributed by atoms with van der Waals surface area (Å²) in [6.07, 6.45) is 0.570. The summed E-state index contributed by atoms with van der Waals surface area (Å²) in [5.74, 6) is 1.01. The molecule has 6 heteroatoms. The smallest absolute Gasteiger partial charge is 0.235 e. The minimum absolute atomic E-state index is 0.0226. The Bertz CT molecular complexity index is 939. The van der Waals surface area contributed by atoms with Crippen LogP contribution in [0.5, 0.6) is 11.5 Å². The molecule has 2 atom stereocenters. The van der Waals surface area contributed by atoms with Gasteiger partial charge in [0, 0.05) is 23.7 Å². The molecule has 0 spiro atoms. The number of amides is 1. The number of nitrogens with zero attached hydrogens (tertiary/aromatic N) is 1. The summed E-state index contributed by atoms with van der Waals surface area (Å²) in [5.41, 5.74) is 1.69. The van der Waals surface area contributed by atoms with E-state index >= 15 is 0 Å². The molecule has 0 aromatic heterocycles. The van der Waals surface area contributed by atoms with E-state index in [1.807, 2.05) is 48.5 Å². The second-order valence-corrected chi connectivity index (χ2v) is 9.27. The summed E-state index contributed by atoms with van der Waals surface area (Å²) in [5, 5.41) is -0.397. The zero-order chi connectivity index (χ0) is 17.2. The van der Waals surface area contributed by atoms with E-state index in [0.717, 1.165) is 11.1 Å². The number of rotatable bonds is 1. The Labute approximate surface area is 146 Å². The van der Waals surface area contributed by atoms with Crippen molar-refractivity contribution < 1.29 is 17.9 Å². The van der Waals surface area contributed by atoms with Crippen LogP contribution in [0.4, 0.5) is 0 Å². The van der Waals surface area contributed by atoms with Crippen molar-refractivity contribution in [1.82, 2.24) is 4.90 Å². The molecule has 2 aromatic carbocycles. The maximum Gasteiger partial charge on any atom is 0.235 e. The van der Waals surface area contributed by atoms with Gasteiger partial charge in [-0.25, -0.2) is 8.42 Å². The first-order chi connectivity index (χ1) is 12.0. The number of carbonyl (C=O) groups is 1. The number of hydrogen-bond donors (Lipinski definition) is 0. The molecule has 3 heterocycles. The number of sulfone groups is 1. The lowest BCUT2D eigenvalue weighted by Gasteiger charge is -2.34. The van der Waals surface area contributed by atoms with Crippen LogP contribution in [0.1, 0.15) is 23.5 Å². The lowest BCUT2D eigenvalue weighted by Crippen LogP contribution is -2.46. The van der Waals surface area contributed by atoms with Gasteiger partial charge in [-0.05, 0) is 18.6 Å². The molecule has 2 aromatic rings. The third kappa shape index (κ3) is 2.13. The van der Waals surface area contributed by atoms with E-state index in [1.165, 1.54) is 0 Å². The Morgan fingerprint density at radius 3 is 2.12 bits per heavy atom. The van der Waals surface area contributed by atoms with Gasteiger partial charge >= 0.3 is 0 Å². The summed E-state index contributed by atoms with van der Waals surface area (Å²) in [6.45, 7) is 0.313. The summed E-state index contributed by atoms with van der Waals surface area (Å²) >= 11 is 0. The third-order valence-corrected chi connectivity index (χ3v) is 7.73. The lowest BCUT2D eigenvalue weighted by molar-refractivity contribution is -0.132. The number of benzene rings is 2. The molecule has 0 aliphatic carbocycles. The van der Waals surface area contributed by atoms with E-state index in [-0.39, 0.29) is 17.7 Å². The first-order valence-electron chi connectivity index (χ1n) is 8.42. The average Bonchev–Trinajstić information content (AvgIpc) is 3.15. The molecule has 3 aliphatic rings. The van der Waals surface area contributed by atoms with Gasteiger partial charge in [0.1, 0.15) is 11.5 Å². The van der Waals surface area contributed by atoms with Crippen molar-refractivity contribution in [3.8, 4) is 11.5 Å². The van der Waals surface area contributed by atoms with Gasteiger partial charge in [-0.1, -0.05) is 36.4 Å². The average molecular weight is 355 g/mol. The molecule has 1 amide bonds. The second-order valence-electron chi connectivity index (χ2n) is 6.94.